The normalized spacial score (nSPS) is 17.9. The smallest absolute Gasteiger partial charge is 0.240 e. The molecule has 5 heteroatoms. The van der Waals surface area contributed by atoms with Crippen molar-refractivity contribution >= 4 is 29.7 Å². The molecule has 0 atom stereocenters. The van der Waals surface area contributed by atoms with Gasteiger partial charge in [-0.3, -0.25) is 4.79 Å². The third kappa shape index (κ3) is 3.70. The standard InChI is InChI=1S/C13H20N2OS.ClH/c1-10-5-6-11(17-10)9-15-12(16)13(14)7-3-2-4-8-13;/h5-6H,2-4,7-9,14H2,1H3,(H,15,16);1H. The molecular weight excluding hydrogens is 268 g/mol. The summed E-state index contributed by atoms with van der Waals surface area (Å²) >= 11 is 1.72. The van der Waals surface area contributed by atoms with Gasteiger partial charge in [0.1, 0.15) is 0 Å². The highest BCUT2D eigenvalue weighted by atomic mass is 35.5. The maximum Gasteiger partial charge on any atom is 0.240 e. The van der Waals surface area contributed by atoms with Crippen molar-refractivity contribution in [2.45, 2.75) is 51.1 Å². The van der Waals surface area contributed by atoms with Gasteiger partial charge in [0.25, 0.3) is 0 Å². The SMILES string of the molecule is Cc1ccc(CNC(=O)C2(N)CCCCC2)s1.Cl. The van der Waals surface area contributed by atoms with E-state index in [1.54, 1.807) is 11.3 Å². The molecule has 0 spiro atoms. The molecule has 1 aromatic rings. The van der Waals surface area contributed by atoms with Crippen LogP contribution in [-0.2, 0) is 11.3 Å². The van der Waals surface area contributed by atoms with Gasteiger partial charge in [-0.1, -0.05) is 19.3 Å². The van der Waals surface area contributed by atoms with Gasteiger partial charge in [-0.25, -0.2) is 0 Å². The Morgan fingerprint density at radius 3 is 2.61 bits per heavy atom. The number of nitrogens with one attached hydrogen (secondary N) is 1. The number of carbonyl (C=O) groups is 1. The molecule has 1 amide bonds. The number of hydrogen-bond acceptors (Lipinski definition) is 3. The third-order valence-corrected chi connectivity index (χ3v) is 4.42. The van der Waals surface area contributed by atoms with E-state index in [0.29, 0.717) is 6.54 Å². The monoisotopic (exact) mass is 288 g/mol. The number of rotatable bonds is 3. The predicted molar refractivity (Wildman–Crippen MR) is 78.2 cm³/mol. The first-order valence-electron chi connectivity index (χ1n) is 6.23. The second kappa shape index (κ2) is 6.55. The van der Waals surface area contributed by atoms with Crippen LogP contribution in [0.15, 0.2) is 12.1 Å². The van der Waals surface area contributed by atoms with Gasteiger partial charge >= 0.3 is 0 Å². The molecule has 1 aliphatic rings. The van der Waals surface area contributed by atoms with Crippen LogP contribution >= 0.6 is 23.7 Å². The molecule has 0 bridgehead atoms. The minimum Gasteiger partial charge on any atom is -0.350 e. The number of nitrogens with two attached hydrogens (primary N) is 1. The van der Waals surface area contributed by atoms with E-state index in [9.17, 15) is 4.79 Å². The Balaban J connectivity index is 0.00000162. The summed E-state index contributed by atoms with van der Waals surface area (Å²) in [6, 6.07) is 4.13. The van der Waals surface area contributed by atoms with Crippen LogP contribution < -0.4 is 11.1 Å². The zero-order chi connectivity index (χ0) is 12.3. The number of halogens is 1. The van der Waals surface area contributed by atoms with Crippen LogP contribution in [-0.4, -0.2) is 11.4 Å². The number of carbonyl (C=O) groups excluding carboxylic acids is 1. The summed E-state index contributed by atoms with van der Waals surface area (Å²) in [5.74, 6) is 0.0169. The molecule has 1 heterocycles. The van der Waals surface area contributed by atoms with E-state index >= 15 is 0 Å². The molecule has 1 aliphatic carbocycles. The van der Waals surface area contributed by atoms with E-state index in [1.807, 2.05) is 0 Å². The lowest BCUT2D eigenvalue weighted by Gasteiger charge is -2.31. The molecule has 2 rings (SSSR count). The largest absolute Gasteiger partial charge is 0.350 e. The fraction of sp³-hybridized carbons (Fsp3) is 0.615. The molecule has 3 N–H and O–H groups in total. The number of amides is 1. The first kappa shape index (κ1) is 15.5. The van der Waals surface area contributed by atoms with Gasteiger partial charge in [0.2, 0.25) is 5.91 Å². The van der Waals surface area contributed by atoms with Crippen LogP contribution in [0.25, 0.3) is 0 Å². The van der Waals surface area contributed by atoms with Gasteiger partial charge in [0, 0.05) is 9.75 Å². The molecule has 18 heavy (non-hydrogen) atoms. The molecule has 0 unspecified atom stereocenters. The zero-order valence-electron chi connectivity index (χ0n) is 10.7. The molecule has 1 fully saturated rings. The minimum absolute atomic E-state index is 0. The lowest BCUT2D eigenvalue weighted by Crippen LogP contribution is -2.54. The van der Waals surface area contributed by atoms with E-state index < -0.39 is 5.54 Å². The van der Waals surface area contributed by atoms with E-state index in [1.165, 1.54) is 16.2 Å². The summed E-state index contributed by atoms with van der Waals surface area (Å²) in [6.45, 7) is 2.68. The summed E-state index contributed by atoms with van der Waals surface area (Å²) in [5.41, 5.74) is 5.54. The van der Waals surface area contributed by atoms with Crippen molar-refractivity contribution < 1.29 is 4.79 Å². The second-order valence-corrected chi connectivity index (χ2v) is 6.28. The van der Waals surface area contributed by atoms with E-state index in [0.717, 1.165) is 25.7 Å². The van der Waals surface area contributed by atoms with E-state index in [-0.39, 0.29) is 18.3 Å². The molecule has 0 saturated heterocycles. The Bertz CT molecular complexity index is 399. The Morgan fingerprint density at radius 1 is 1.39 bits per heavy atom. The van der Waals surface area contributed by atoms with Crippen LogP contribution in [0, 0.1) is 6.92 Å². The molecule has 102 valence electrons. The van der Waals surface area contributed by atoms with Crippen molar-refractivity contribution in [2.75, 3.05) is 0 Å². The zero-order valence-corrected chi connectivity index (χ0v) is 12.3. The van der Waals surface area contributed by atoms with Gasteiger partial charge < -0.3 is 11.1 Å². The molecule has 3 nitrogen and oxygen atoms in total. The highest BCUT2D eigenvalue weighted by molar-refractivity contribution is 7.11. The fourth-order valence-corrected chi connectivity index (χ4v) is 3.16. The molecule has 0 radical (unpaired) electrons. The Kier molecular flexibility index (Phi) is 5.63. The van der Waals surface area contributed by atoms with Crippen molar-refractivity contribution in [3.8, 4) is 0 Å². The number of aryl methyl sites for hydroxylation is 1. The summed E-state index contributed by atoms with van der Waals surface area (Å²) in [7, 11) is 0. The highest BCUT2D eigenvalue weighted by Gasteiger charge is 2.34. The molecule has 1 saturated carbocycles. The van der Waals surface area contributed by atoms with Crippen LogP contribution in [0.2, 0.25) is 0 Å². The Labute approximate surface area is 119 Å². The van der Waals surface area contributed by atoms with Crippen LogP contribution in [0.1, 0.15) is 41.9 Å². The highest BCUT2D eigenvalue weighted by Crippen LogP contribution is 2.26. The van der Waals surface area contributed by atoms with Crippen LogP contribution in [0.4, 0.5) is 0 Å². The van der Waals surface area contributed by atoms with Crippen LogP contribution in [0.3, 0.4) is 0 Å². The number of thiophene rings is 1. The van der Waals surface area contributed by atoms with E-state index in [2.05, 4.69) is 24.4 Å². The van der Waals surface area contributed by atoms with Gasteiger partial charge in [-0.2, -0.15) is 0 Å². The van der Waals surface area contributed by atoms with Crippen molar-refractivity contribution in [1.29, 1.82) is 0 Å². The average Bonchev–Trinajstić information content (AvgIpc) is 2.73. The Hall–Kier alpha value is -0.580. The lowest BCUT2D eigenvalue weighted by molar-refractivity contribution is -0.127. The maximum atomic E-state index is 12.1. The second-order valence-electron chi connectivity index (χ2n) is 4.91. The summed E-state index contributed by atoms with van der Waals surface area (Å²) in [5, 5.41) is 2.97. The van der Waals surface area contributed by atoms with E-state index in [4.69, 9.17) is 5.73 Å². The summed E-state index contributed by atoms with van der Waals surface area (Å²) in [6.07, 6.45) is 4.99. The lowest BCUT2D eigenvalue weighted by atomic mass is 9.82. The number of hydrogen-bond donors (Lipinski definition) is 2. The predicted octanol–water partition coefficient (Wildman–Crippen LogP) is 2.76. The summed E-state index contributed by atoms with van der Waals surface area (Å²) < 4.78 is 0. The Morgan fingerprint density at radius 2 is 2.06 bits per heavy atom. The van der Waals surface area contributed by atoms with Crippen molar-refractivity contribution in [3.05, 3.63) is 21.9 Å². The molecule has 0 aliphatic heterocycles. The molecule has 0 aromatic carbocycles. The topological polar surface area (TPSA) is 55.1 Å². The minimum atomic E-state index is -0.620. The first-order chi connectivity index (χ1) is 8.10. The maximum absolute atomic E-state index is 12.1. The fourth-order valence-electron chi connectivity index (χ4n) is 2.33. The molecule has 1 aromatic heterocycles. The molecular formula is C13H21ClN2OS. The van der Waals surface area contributed by atoms with Crippen LogP contribution in [0.5, 0.6) is 0 Å². The quantitative estimate of drug-likeness (QED) is 0.898. The van der Waals surface area contributed by atoms with Crippen molar-refractivity contribution in [2.24, 2.45) is 5.73 Å². The van der Waals surface area contributed by atoms with Gasteiger partial charge in [-0.05, 0) is 31.9 Å². The average molecular weight is 289 g/mol. The first-order valence-corrected chi connectivity index (χ1v) is 7.04. The summed E-state index contributed by atoms with van der Waals surface area (Å²) in [4.78, 5) is 14.5. The van der Waals surface area contributed by atoms with Gasteiger partial charge in [-0.15, -0.1) is 23.7 Å². The van der Waals surface area contributed by atoms with Crippen molar-refractivity contribution in [1.82, 2.24) is 5.32 Å². The van der Waals surface area contributed by atoms with Gasteiger partial charge in [0.15, 0.2) is 0 Å². The van der Waals surface area contributed by atoms with Gasteiger partial charge in [0.05, 0.1) is 12.1 Å². The third-order valence-electron chi connectivity index (χ3n) is 3.42. The van der Waals surface area contributed by atoms with Crippen molar-refractivity contribution in [3.63, 3.8) is 0 Å².